The zero-order valence-corrected chi connectivity index (χ0v) is 16.7. The number of fused-ring (bicyclic) bond motifs is 1. The van der Waals surface area contributed by atoms with Gasteiger partial charge in [0.25, 0.3) is 17.7 Å². The van der Waals surface area contributed by atoms with Crippen LogP contribution >= 0.6 is 15.9 Å². The number of hydrogen-bond donors (Lipinski definition) is 2. The quantitative estimate of drug-likeness (QED) is 0.526. The number of hydrogen-bond acceptors (Lipinski definition) is 4. The summed E-state index contributed by atoms with van der Waals surface area (Å²) in [6.07, 6.45) is 0. The number of aryl methyl sites for hydroxylation is 1. The lowest BCUT2D eigenvalue weighted by Gasteiger charge is -2.14. The second kappa shape index (κ2) is 8.35. The first-order valence-corrected chi connectivity index (χ1v) is 9.44. The number of halogens is 1. The Hall–Kier alpha value is -3.00. The Bertz CT molecular complexity index is 974. The fourth-order valence-corrected chi connectivity index (χ4v) is 3.27. The third-order valence-electron chi connectivity index (χ3n) is 4.36. The topological polar surface area (TPSA) is 95.6 Å². The van der Waals surface area contributed by atoms with Crippen molar-refractivity contribution in [3.8, 4) is 0 Å². The molecule has 0 radical (unpaired) electrons. The van der Waals surface area contributed by atoms with Crippen LogP contribution in [0.25, 0.3) is 0 Å². The normalized spacial score (nSPS) is 12.7. The van der Waals surface area contributed by atoms with Gasteiger partial charge in [0, 0.05) is 23.1 Å². The molecule has 2 aromatic carbocycles. The van der Waals surface area contributed by atoms with Crippen LogP contribution in [0.4, 0.5) is 0 Å². The first-order chi connectivity index (χ1) is 13.4. The molecule has 0 aromatic heterocycles. The predicted octanol–water partition coefficient (Wildman–Crippen LogP) is 1.90. The van der Waals surface area contributed by atoms with E-state index in [4.69, 9.17) is 0 Å². The van der Waals surface area contributed by atoms with Crippen molar-refractivity contribution in [3.05, 3.63) is 69.2 Å². The summed E-state index contributed by atoms with van der Waals surface area (Å²) in [5, 5.41) is 5.32. The van der Waals surface area contributed by atoms with E-state index in [0.29, 0.717) is 10.0 Å². The van der Waals surface area contributed by atoms with Crippen molar-refractivity contribution >= 4 is 39.6 Å². The van der Waals surface area contributed by atoms with Crippen LogP contribution in [0.3, 0.4) is 0 Å². The van der Waals surface area contributed by atoms with Gasteiger partial charge in [0.15, 0.2) is 0 Å². The maximum atomic E-state index is 12.4. The molecule has 144 valence electrons. The van der Waals surface area contributed by atoms with Crippen LogP contribution in [-0.2, 0) is 4.79 Å². The highest BCUT2D eigenvalue weighted by Crippen LogP contribution is 2.25. The first-order valence-electron chi connectivity index (χ1n) is 8.64. The zero-order chi connectivity index (χ0) is 20.3. The molecule has 0 saturated heterocycles. The second-order valence-electron chi connectivity index (χ2n) is 6.31. The minimum atomic E-state index is -0.496. The van der Waals surface area contributed by atoms with Crippen LogP contribution in [0.2, 0.25) is 0 Å². The number of carbonyl (C=O) groups is 4. The zero-order valence-electron chi connectivity index (χ0n) is 15.1. The maximum Gasteiger partial charge on any atom is 0.262 e. The molecule has 0 bridgehead atoms. The summed E-state index contributed by atoms with van der Waals surface area (Å²) in [5.74, 6) is -1.68. The number of imide groups is 1. The van der Waals surface area contributed by atoms with Crippen molar-refractivity contribution in [3.63, 3.8) is 0 Å². The Morgan fingerprint density at radius 2 is 1.64 bits per heavy atom. The minimum Gasteiger partial charge on any atom is -0.353 e. The van der Waals surface area contributed by atoms with Gasteiger partial charge in [-0.05, 0) is 36.8 Å². The highest BCUT2D eigenvalue weighted by molar-refractivity contribution is 9.10. The number of rotatable bonds is 6. The van der Waals surface area contributed by atoms with E-state index in [0.717, 1.165) is 10.5 Å². The molecule has 7 nitrogen and oxygen atoms in total. The third-order valence-corrected chi connectivity index (χ3v) is 4.85. The van der Waals surface area contributed by atoms with Gasteiger partial charge in [-0.2, -0.15) is 0 Å². The third kappa shape index (κ3) is 4.12. The molecule has 0 atom stereocenters. The Morgan fingerprint density at radius 1 is 0.964 bits per heavy atom. The van der Waals surface area contributed by atoms with Crippen molar-refractivity contribution in [2.24, 2.45) is 0 Å². The average Bonchev–Trinajstić information content (AvgIpc) is 2.90. The highest BCUT2D eigenvalue weighted by atomic mass is 79.9. The molecule has 0 saturated carbocycles. The summed E-state index contributed by atoms with van der Waals surface area (Å²) in [5.41, 5.74) is 2.00. The van der Waals surface area contributed by atoms with E-state index < -0.39 is 17.7 Å². The van der Waals surface area contributed by atoms with Crippen LogP contribution in [0.15, 0.2) is 46.9 Å². The lowest BCUT2D eigenvalue weighted by atomic mass is 10.1. The van der Waals surface area contributed by atoms with Crippen LogP contribution < -0.4 is 10.6 Å². The summed E-state index contributed by atoms with van der Waals surface area (Å²) in [4.78, 5) is 49.8. The van der Waals surface area contributed by atoms with Gasteiger partial charge in [-0.15, -0.1) is 0 Å². The van der Waals surface area contributed by atoms with Crippen LogP contribution in [0.1, 0.15) is 36.6 Å². The van der Waals surface area contributed by atoms with E-state index >= 15 is 0 Å². The number of carbonyl (C=O) groups excluding carboxylic acids is 4. The van der Waals surface area contributed by atoms with Crippen molar-refractivity contribution in [1.82, 2.24) is 15.5 Å². The van der Waals surface area contributed by atoms with Gasteiger partial charge in [0.2, 0.25) is 5.91 Å². The molecule has 0 aliphatic carbocycles. The lowest BCUT2D eigenvalue weighted by Crippen LogP contribution is -2.42. The Labute approximate surface area is 170 Å². The molecule has 2 N–H and O–H groups in total. The SMILES string of the molecule is Cc1ccccc1C(=O)NCCNC(=O)CN1C(=O)c2ccc(Br)cc2C1=O. The van der Waals surface area contributed by atoms with Crippen molar-refractivity contribution in [2.45, 2.75) is 6.92 Å². The van der Waals surface area contributed by atoms with Gasteiger partial charge in [-0.25, -0.2) is 0 Å². The molecule has 1 aliphatic heterocycles. The molecule has 0 fully saturated rings. The Balaban J connectivity index is 1.48. The molecule has 28 heavy (non-hydrogen) atoms. The van der Waals surface area contributed by atoms with Crippen LogP contribution in [-0.4, -0.2) is 48.2 Å². The summed E-state index contributed by atoms with van der Waals surface area (Å²) in [7, 11) is 0. The smallest absolute Gasteiger partial charge is 0.262 e. The monoisotopic (exact) mass is 443 g/mol. The van der Waals surface area contributed by atoms with Gasteiger partial charge in [-0.3, -0.25) is 24.1 Å². The largest absolute Gasteiger partial charge is 0.353 e. The molecule has 2 aromatic rings. The average molecular weight is 444 g/mol. The van der Waals surface area contributed by atoms with Crippen LogP contribution in [0, 0.1) is 6.92 Å². The number of nitrogens with one attached hydrogen (secondary N) is 2. The van der Waals surface area contributed by atoms with E-state index in [2.05, 4.69) is 26.6 Å². The van der Waals surface area contributed by atoms with Gasteiger partial charge in [-0.1, -0.05) is 34.1 Å². The Kier molecular flexibility index (Phi) is 5.89. The van der Waals surface area contributed by atoms with Crippen LogP contribution in [0.5, 0.6) is 0 Å². The molecule has 1 aliphatic rings. The van der Waals surface area contributed by atoms with Gasteiger partial charge in [0.05, 0.1) is 11.1 Å². The number of amides is 4. The summed E-state index contributed by atoms with van der Waals surface area (Å²) in [6, 6.07) is 12.0. The van der Waals surface area contributed by atoms with Gasteiger partial charge >= 0.3 is 0 Å². The van der Waals surface area contributed by atoms with E-state index in [9.17, 15) is 19.2 Å². The molecular formula is C20H18BrN3O4. The number of nitrogens with zero attached hydrogens (tertiary/aromatic N) is 1. The molecule has 0 spiro atoms. The van der Waals surface area contributed by atoms with E-state index in [1.165, 1.54) is 0 Å². The van der Waals surface area contributed by atoms with E-state index in [1.807, 2.05) is 19.1 Å². The fraction of sp³-hybridized carbons (Fsp3) is 0.200. The Morgan fingerprint density at radius 3 is 2.39 bits per heavy atom. The molecule has 0 unspecified atom stereocenters. The lowest BCUT2D eigenvalue weighted by molar-refractivity contribution is -0.121. The predicted molar refractivity (Wildman–Crippen MR) is 106 cm³/mol. The minimum absolute atomic E-state index is 0.186. The summed E-state index contributed by atoms with van der Waals surface area (Å²) >= 11 is 3.26. The standard InChI is InChI=1S/C20H18BrN3O4/c1-12-4-2-3-5-14(12)18(26)23-9-8-22-17(25)11-24-19(27)15-7-6-13(21)10-16(15)20(24)28/h2-7,10H,8-9,11H2,1H3,(H,22,25)(H,23,26). The summed E-state index contributed by atoms with van der Waals surface area (Å²) < 4.78 is 0.683. The first kappa shape index (κ1) is 19.8. The van der Waals surface area contributed by atoms with Crippen molar-refractivity contribution in [2.75, 3.05) is 19.6 Å². The van der Waals surface area contributed by atoms with Gasteiger partial charge in [0.1, 0.15) is 6.54 Å². The molecule has 3 rings (SSSR count). The van der Waals surface area contributed by atoms with E-state index in [1.54, 1.807) is 30.3 Å². The van der Waals surface area contributed by atoms with Crippen molar-refractivity contribution < 1.29 is 19.2 Å². The van der Waals surface area contributed by atoms with E-state index in [-0.39, 0.29) is 36.7 Å². The highest BCUT2D eigenvalue weighted by Gasteiger charge is 2.36. The molecule has 8 heteroatoms. The number of benzene rings is 2. The summed E-state index contributed by atoms with van der Waals surface area (Å²) in [6.45, 7) is 1.90. The fourth-order valence-electron chi connectivity index (χ4n) is 2.91. The molecule has 4 amide bonds. The molecular weight excluding hydrogens is 426 g/mol. The van der Waals surface area contributed by atoms with Gasteiger partial charge < -0.3 is 10.6 Å². The molecule has 1 heterocycles. The van der Waals surface area contributed by atoms with Crippen molar-refractivity contribution in [1.29, 1.82) is 0 Å². The second-order valence-corrected chi connectivity index (χ2v) is 7.22. The maximum absolute atomic E-state index is 12.4.